The molecule has 0 saturated heterocycles. The minimum atomic E-state index is 0.203. The van der Waals surface area contributed by atoms with Gasteiger partial charge in [-0.05, 0) is 0 Å². The summed E-state index contributed by atoms with van der Waals surface area (Å²) in [7, 11) is 0. The van der Waals surface area contributed by atoms with Crippen molar-refractivity contribution in [2.24, 2.45) is 0 Å². The number of aryl methyl sites for hydroxylation is 2. The molecule has 0 nitrogen and oxygen atoms in total. The molecule has 5 aromatic carbocycles. The number of benzene rings is 5. The molecule has 0 aromatic heterocycles. The zero-order valence-corrected chi connectivity index (χ0v) is 20.4. The molecule has 0 aliphatic heterocycles. The fraction of sp³-hybridized carbons (Fsp3) is 0.0968. The summed E-state index contributed by atoms with van der Waals surface area (Å²) in [6, 6.07) is 37.8. The van der Waals surface area contributed by atoms with E-state index in [-0.39, 0.29) is 15.0 Å². The van der Waals surface area contributed by atoms with Crippen LogP contribution in [-0.2, 0) is 0 Å². The number of hydrogen-bond donors (Lipinski definition) is 0. The zero-order chi connectivity index (χ0) is 22.1. The molecule has 0 fully saturated rings. The molecule has 0 spiro atoms. The van der Waals surface area contributed by atoms with Crippen LogP contribution in [0.5, 0.6) is 0 Å². The van der Waals surface area contributed by atoms with Gasteiger partial charge in [0.15, 0.2) is 0 Å². The summed E-state index contributed by atoms with van der Waals surface area (Å²) in [4.78, 5) is 0. The van der Waals surface area contributed by atoms with E-state index in [0.717, 1.165) is 0 Å². The van der Waals surface area contributed by atoms with Crippen molar-refractivity contribution in [3.05, 3.63) is 120 Å². The van der Waals surface area contributed by atoms with Crippen LogP contribution in [-0.4, -0.2) is 15.0 Å². The van der Waals surface area contributed by atoms with Crippen LogP contribution in [0.25, 0.3) is 33.0 Å². The summed E-state index contributed by atoms with van der Waals surface area (Å²) in [6.07, 6.45) is 0. The summed E-state index contributed by atoms with van der Waals surface area (Å²) in [5.74, 6) is 0. The van der Waals surface area contributed by atoms with E-state index in [4.69, 9.17) is 0 Å². The molecule has 0 bridgehead atoms. The summed E-state index contributed by atoms with van der Waals surface area (Å²) in [5, 5.41) is 2.69. The molecule has 5 rings (SSSR count). The van der Waals surface area contributed by atoms with E-state index in [9.17, 15) is 0 Å². The quantitative estimate of drug-likeness (QED) is 0.251. The van der Waals surface area contributed by atoms with E-state index in [1.165, 1.54) is 58.6 Å². The Kier molecular flexibility index (Phi) is 5.70. The second-order valence-corrected chi connectivity index (χ2v) is 10.7. The molecule has 0 aliphatic carbocycles. The Morgan fingerprint density at radius 2 is 1.09 bits per heavy atom. The van der Waals surface area contributed by atoms with Gasteiger partial charge in [-0.25, -0.2) is 0 Å². The molecule has 0 amide bonds. The van der Waals surface area contributed by atoms with Gasteiger partial charge in [0.05, 0.1) is 0 Å². The standard InChI is InChI=1S/C31H26Se/c1-21-14-17-25(18-15-21)30-27-19-16-22(2)20-28(27)29(24-10-6-4-7-11-24)23(3)31(30)32-26-12-8-5-9-13-26/h4-20H,1-3H3. The maximum atomic E-state index is 2.36. The first-order chi connectivity index (χ1) is 15.6. The third-order valence-corrected chi connectivity index (χ3v) is 8.59. The first kappa shape index (κ1) is 20.8. The molecule has 0 saturated carbocycles. The average molecular weight is 478 g/mol. The monoisotopic (exact) mass is 478 g/mol. The van der Waals surface area contributed by atoms with Crippen molar-refractivity contribution >= 4 is 34.7 Å². The van der Waals surface area contributed by atoms with E-state index in [1.807, 2.05) is 0 Å². The third-order valence-electron chi connectivity index (χ3n) is 6.02. The van der Waals surface area contributed by atoms with Gasteiger partial charge in [-0.1, -0.05) is 0 Å². The Morgan fingerprint density at radius 1 is 0.500 bits per heavy atom. The Labute approximate surface area is 197 Å². The van der Waals surface area contributed by atoms with Gasteiger partial charge < -0.3 is 0 Å². The first-order valence-corrected chi connectivity index (χ1v) is 12.8. The second kappa shape index (κ2) is 8.79. The zero-order valence-electron chi connectivity index (χ0n) is 18.7. The molecule has 0 aliphatic rings. The van der Waals surface area contributed by atoms with Crippen molar-refractivity contribution in [1.82, 2.24) is 0 Å². The molecule has 1 heteroatoms. The summed E-state index contributed by atoms with van der Waals surface area (Å²) < 4.78 is 2.88. The van der Waals surface area contributed by atoms with Crippen LogP contribution in [0.2, 0.25) is 0 Å². The molecule has 5 aromatic rings. The predicted molar refractivity (Wildman–Crippen MR) is 140 cm³/mol. The van der Waals surface area contributed by atoms with Crippen LogP contribution in [0.4, 0.5) is 0 Å². The van der Waals surface area contributed by atoms with Crippen molar-refractivity contribution < 1.29 is 0 Å². The molecular weight excluding hydrogens is 451 g/mol. The molecule has 0 unspecified atom stereocenters. The number of rotatable bonds is 4. The van der Waals surface area contributed by atoms with E-state index < -0.39 is 0 Å². The number of fused-ring (bicyclic) bond motifs is 1. The van der Waals surface area contributed by atoms with Gasteiger partial charge in [-0.3, -0.25) is 0 Å². The van der Waals surface area contributed by atoms with Crippen molar-refractivity contribution in [1.29, 1.82) is 0 Å². The van der Waals surface area contributed by atoms with E-state index >= 15 is 0 Å². The maximum absolute atomic E-state index is 2.36. The van der Waals surface area contributed by atoms with Crippen molar-refractivity contribution in [3.8, 4) is 22.3 Å². The van der Waals surface area contributed by atoms with Crippen LogP contribution >= 0.6 is 0 Å². The van der Waals surface area contributed by atoms with Gasteiger partial charge in [-0.15, -0.1) is 0 Å². The summed E-state index contributed by atoms with van der Waals surface area (Å²) >= 11 is 0.203. The Morgan fingerprint density at radius 3 is 1.78 bits per heavy atom. The number of hydrogen-bond acceptors (Lipinski definition) is 0. The first-order valence-electron chi connectivity index (χ1n) is 11.0. The van der Waals surface area contributed by atoms with E-state index in [0.29, 0.717) is 0 Å². The Balaban J connectivity index is 1.90. The fourth-order valence-corrected chi connectivity index (χ4v) is 6.76. The molecule has 32 heavy (non-hydrogen) atoms. The van der Waals surface area contributed by atoms with Crippen molar-refractivity contribution in [2.45, 2.75) is 20.8 Å². The molecule has 0 N–H and O–H groups in total. The topological polar surface area (TPSA) is 0 Å². The fourth-order valence-electron chi connectivity index (χ4n) is 4.43. The Bertz CT molecular complexity index is 1380. The summed E-state index contributed by atoms with van der Waals surface area (Å²) in [6.45, 7) is 6.67. The normalized spacial score (nSPS) is 11.1. The predicted octanol–water partition coefficient (Wildman–Crippen LogP) is 6.75. The van der Waals surface area contributed by atoms with Gasteiger partial charge in [-0.2, -0.15) is 0 Å². The average Bonchev–Trinajstić information content (AvgIpc) is 2.82. The van der Waals surface area contributed by atoms with Gasteiger partial charge in [0, 0.05) is 0 Å². The van der Waals surface area contributed by atoms with Gasteiger partial charge in [0.1, 0.15) is 0 Å². The van der Waals surface area contributed by atoms with Gasteiger partial charge in [0.2, 0.25) is 0 Å². The van der Waals surface area contributed by atoms with Crippen LogP contribution in [0.1, 0.15) is 16.7 Å². The molecule has 0 heterocycles. The van der Waals surface area contributed by atoms with E-state index in [2.05, 4.69) is 124 Å². The van der Waals surface area contributed by atoms with Gasteiger partial charge in [0.25, 0.3) is 0 Å². The van der Waals surface area contributed by atoms with E-state index in [1.54, 1.807) is 0 Å². The van der Waals surface area contributed by atoms with Crippen molar-refractivity contribution in [3.63, 3.8) is 0 Å². The second-order valence-electron chi connectivity index (χ2n) is 8.40. The molecular formula is C31H26Se. The van der Waals surface area contributed by atoms with Crippen LogP contribution in [0.3, 0.4) is 0 Å². The van der Waals surface area contributed by atoms with Crippen molar-refractivity contribution in [2.75, 3.05) is 0 Å². The van der Waals surface area contributed by atoms with Crippen LogP contribution in [0, 0.1) is 20.8 Å². The SMILES string of the molecule is Cc1ccc(-c2c([Se]c3ccccc3)c(C)c(-c3ccccc3)c3cc(C)ccc23)cc1. The summed E-state index contributed by atoms with van der Waals surface area (Å²) in [5.41, 5.74) is 9.34. The molecule has 0 radical (unpaired) electrons. The van der Waals surface area contributed by atoms with Crippen LogP contribution < -0.4 is 8.92 Å². The van der Waals surface area contributed by atoms with Gasteiger partial charge >= 0.3 is 197 Å². The molecule has 156 valence electrons. The minimum absolute atomic E-state index is 0.203. The third kappa shape index (κ3) is 3.91. The molecule has 0 atom stereocenters. The Hall–Kier alpha value is -3.12. The van der Waals surface area contributed by atoms with Crippen LogP contribution in [0.15, 0.2) is 103 Å².